The third-order valence-electron chi connectivity index (χ3n) is 2.40. The molecule has 78 valence electrons. The van der Waals surface area contributed by atoms with Gasteiger partial charge in [-0.25, -0.2) is 4.98 Å². The lowest BCUT2D eigenvalue weighted by atomic mass is 9.98. The molecule has 1 aromatic rings. The van der Waals surface area contributed by atoms with Gasteiger partial charge in [0.05, 0.1) is 6.33 Å². The van der Waals surface area contributed by atoms with Gasteiger partial charge in [0.1, 0.15) is 0 Å². The Balaban J connectivity index is 2.77. The maximum absolute atomic E-state index is 11.4. The topological polar surface area (TPSA) is 34.9 Å². The van der Waals surface area contributed by atoms with E-state index in [4.69, 9.17) is 0 Å². The number of nitrogens with zero attached hydrogens (tertiary/aromatic N) is 2. The van der Waals surface area contributed by atoms with E-state index in [-0.39, 0.29) is 5.56 Å². The first-order chi connectivity index (χ1) is 6.65. The van der Waals surface area contributed by atoms with Gasteiger partial charge in [-0.3, -0.25) is 9.36 Å². The highest BCUT2D eigenvalue weighted by Crippen LogP contribution is 2.13. The molecule has 1 unspecified atom stereocenters. The van der Waals surface area contributed by atoms with Crippen LogP contribution in [0.2, 0.25) is 0 Å². The second-order valence-electron chi connectivity index (χ2n) is 3.76. The van der Waals surface area contributed by atoms with Crippen LogP contribution in [-0.4, -0.2) is 15.3 Å². The van der Waals surface area contributed by atoms with Crippen molar-refractivity contribution in [2.75, 3.05) is 5.75 Å². The van der Waals surface area contributed by atoms with Crippen molar-refractivity contribution in [3.05, 3.63) is 28.9 Å². The molecule has 0 aliphatic rings. The summed E-state index contributed by atoms with van der Waals surface area (Å²) in [5, 5.41) is 0. The molecule has 1 heterocycles. The van der Waals surface area contributed by atoms with Gasteiger partial charge in [0.15, 0.2) is 0 Å². The summed E-state index contributed by atoms with van der Waals surface area (Å²) in [5.74, 6) is 1.73. The Morgan fingerprint density at radius 2 is 2.29 bits per heavy atom. The number of hydrogen-bond donors (Lipinski definition) is 1. The van der Waals surface area contributed by atoms with Gasteiger partial charge in [-0.2, -0.15) is 12.6 Å². The van der Waals surface area contributed by atoms with Crippen molar-refractivity contribution in [2.24, 2.45) is 11.8 Å². The molecular weight excluding hydrogens is 196 g/mol. The monoisotopic (exact) mass is 212 g/mol. The number of hydrogen-bond acceptors (Lipinski definition) is 3. The third kappa shape index (κ3) is 2.87. The highest BCUT2D eigenvalue weighted by molar-refractivity contribution is 7.80. The molecule has 1 aromatic heterocycles. The second-order valence-corrected chi connectivity index (χ2v) is 4.12. The molecule has 0 aliphatic carbocycles. The quantitative estimate of drug-likeness (QED) is 0.767. The van der Waals surface area contributed by atoms with Crippen LogP contribution in [0.25, 0.3) is 0 Å². The average molecular weight is 212 g/mol. The van der Waals surface area contributed by atoms with Crippen LogP contribution in [-0.2, 0) is 6.54 Å². The van der Waals surface area contributed by atoms with E-state index in [1.807, 2.05) is 0 Å². The summed E-state index contributed by atoms with van der Waals surface area (Å²) in [6, 6.07) is 1.48. The molecule has 1 atom stereocenters. The number of aromatic nitrogens is 2. The molecule has 0 saturated heterocycles. The van der Waals surface area contributed by atoms with E-state index in [1.54, 1.807) is 10.9 Å². The Morgan fingerprint density at radius 3 is 2.79 bits per heavy atom. The molecule has 0 aliphatic heterocycles. The zero-order valence-corrected chi connectivity index (χ0v) is 9.45. The van der Waals surface area contributed by atoms with Crippen LogP contribution in [0.1, 0.15) is 13.8 Å². The summed E-state index contributed by atoms with van der Waals surface area (Å²) in [6.45, 7) is 4.98. The Hall–Kier alpha value is -0.770. The van der Waals surface area contributed by atoms with Crippen molar-refractivity contribution in [1.29, 1.82) is 0 Å². The lowest BCUT2D eigenvalue weighted by molar-refractivity contribution is 0.365. The van der Waals surface area contributed by atoms with E-state index in [1.165, 1.54) is 12.3 Å². The molecule has 0 bridgehead atoms. The summed E-state index contributed by atoms with van der Waals surface area (Å²) in [6.07, 6.45) is 3.10. The predicted molar refractivity (Wildman–Crippen MR) is 60.7 cm³/mol. The van der Waals surface area contributed by atoms with Crippen molar-refractivity contribution in [1.82, 2.24) is 9.55 Å². The molecule has 4 heteroatoms. The Bertz CT molecular complexity index is 335. The lowest BCUT2D eigenvalue weighted by Crippen LogP contribution is -2.26. The first-order valence-electron chi connectivity index (χ1n) is 4.76. The highest BCUT2D eigenvalue weighted by Gasteiger charge is 2.12. The Labute approximate surface area is 89.6 Å². The SMILES string of the molecule is CC(C)C(CS)Cn1cnccc1=O. The van der Waals surface area contributed by atoms with Crippen molar-refractivity contribution >= 4 is 12.6 Å². The lowest BCUT2D eigenvalue weighted by Gasteiger charge is -2.18. The summed E-state index contributed by atoms with van der Waals surface area (Å²) in [5.41, 5.74) is 0.00688. The first-order valence-corrected chi connectivity index (χ1v) is 5.39. The van der Waals surface area contributed by atoms with E-state index in [9.17, 15) is 4.79 Å². The summed E-state index contributed by atoms with van der Waals surface area (Å²) >= 11 is 4.28. The maximum atomic E-state index is 11.4. The normalized spacial score (nSPS) is 13.1. The molecule has 3 nitrogen and oxygen atoms in total. The smallest absolute Gasteiger partial charge is 0.253 e. The van der Waals surface area contributed by atoms with Crippen molar-refractivity contribution < 1.29 is 0 Å². The summed E-state index contributed by atoms with van der Waals surface area (Å²) in [4.78, 5) is 15.3. The molecule has 14 heavy (non-hydrogen) atoms. The van der Waals surface area contributed by atoms with Crippen LogP contribution >= 0.6 is 12.6 Å². The fourth-order valence-corrected chi connectivity index (χ4v) is 1.78. The average Bonchev–Trinajstić information content (AvgIpc) is 2.16. The van der Waals surface area contributed by atoms with Crippen LogP contribution in [0.5, 0.6) is 0 Å². The zero-order chi connectivity index (χ0) is 10.6. The maximum Gasteiger partial charge on any atom is 0.253 e. The van der Waals surface area contributed by atoms with Crippen LogP contribution in [0.15, 0.2) is 23.4 Å². The minimum Gasteiger partial charge on any atom is -0.299 e. The van der Waals surface area contributed by atoms with E-state index in [2.05, 4.69) is 31.5 Å². The minimum atomic E-state index is 0.00688. The fraction of sp³-hybridized carbons (Fsp3) is 0.600. The van der Waals surface area contributed by atoms with E-state index in [0.717, 1.165) is 5.75 Å². The van der Waals surface area contributed by atoms with Gasteiger partial charge in [0.2, 0.25) is 0 Å². The van der Waals surface area contributed by atoms with Crippen LogP contribution in [0.3, 0.4) is 0 Å². The summed E-state index contributed by atoms with van der Waals surface area (Å²) in [7, 11) is 0. The Morgan fingerprint density at radius 1 is 1.57 bits per heavy atom. The third-order valence-corrected chi connectivity index (χ3v) is 2.87. The van der Waals surface area contributed by atoms with Gasteiger partial charge in [-0.05, 0) is 17.6 Å². The molecule has 1 rings (SSSR count). The largest absolute Gasteiger partial charge is 0.299 e. The van der Waals surface area contributed by atoms with Crippen molar-refractivity contribution in [2.45, 2.75) is 20.4 Å². The second kappa shape index (κ2) is 5.20. The minimum absolute atomic E-state index is 0.00688. The van der Waals surface area contributed by atoms with E-state index in [0.29, 0.717) is 18.4 Å². The van der Waals surface area contributed by atoms with Gasteiger partial charge in [0.25, 0.3) is 5.56 Å². The zero-order valence-electron chi connectivity index (χ0n) is 8.55. The van der Waals surface area contributed by atoms with Gasteiger partial charge in [-0.15, -0.1) is 0 Å². The standard InChI is InChI=1S/C10H16N2OS/c1-8(2)9(6-14)5-12-7-11-4-3-10(12)13/h3-4,7-9,14H,5-6H2,1-2H3. The highest BCUT2D eigenvalue weighted by atomic mass is 32.1. The van der Waals surface area contributed by atoms with Gasteiger partial charge < -0.3 is 0 Å². The van der Waals surface area contributed by atoms with Gasteiger partial charge in [0, 0.05) is 18.8 Å². The Kier molecular flexibility index (Phi) is 4.20. The molecule has 0 radical (unpaired) electrons. The molecule has 0 saturated carbocycles. The molecular formula is C10H16N2OS. The first kappa shape index (κ1) is 11.3. The molecule has 0 amide bonds. The van der Waals surface area contributed by atoms with Crippen molar-refractivity contribution in [3.63, 3.8) is 0 Å². The van der Waals surface area contributed by atoms with Gasteiger partial charge in [-0.1, -0.05) is 13.8 Å². The van der Waals surface area contributed by atoms with E-state index >= 15 is 0 Å². The van der Waals surface area contributed by atoms with Crippen LogP contribution in [0, 0.1) is 11.8 Å². The van der Waals surface area contributed by atoms with Crippen LogP contribution < -0.4 is 5.56 Å². The molecule has 0 aromatic carbocycles. The number of thiol groups is 1. The molecule has 0 spiro atoms. The van der Waals surface area contributed by atoms with E-state index < -0.39 is 0 Å². The fourth-order valence-electron chi connectivity index (χ4n) is 1.25. The van der Waals surface area contributed by atoms with Crippen LogP contribution in [0.4, 0.5) is 0 Å². The molecule has 0 N–H and O–H groups in total. The van der Waals surface area contributed by atoms with Gasteiger partial charge >= 0.3 is 0 Å². The van der Waals surface area contributed by atoms with Crippen molar-refractivity contribution in [3.8, 4) is 0 Å². The summed E-state index contributed by atoms with van der Waals surface area (Å²) < 4.78 is 1.64. The predicted octanol–water partition coefficient (Wildman–Crippen LogP) is 1.45. The number of rotatable bonds is 4. The molecule has 0 fully saturated rings.